The van der Waals surface area contributed by atoms with Gasteiger partial charge < -0.3 is 14.0 Å². The molecule has 7 heteroatoms. The van der Waals surface area contributed by atoms with Gasteiger partial charge in [-0.2, -0.15) is 0 Å². The summed E-state index contributed by atoms with van der Waals surface area (Å²) < 4.78 is 11.2. The summed E-state index contributed by atoms with van der Waals surface area (Å²) in [5, 5.41) is 5.17. The molecule has 4 rings (SSSR count). The number of nitrogens with zero attached hydrogens (tertiary/aromatic N) is 2. The van der Waals surface area contributed by atoms with Crippen molar-refractivity contribution in [2.45, 2.75) is 0 Å². The quantitative estimate of drug-likeness (QED) is 0.660. The van der Waals surface area contributed by atoms with Crippen LogP contribution in [0.25, 0.3) is 0 Å². The fourth-order valence-corrected chi connectivity index (χ4v) is 2.86. The molecule has 1 aliphatic rings. The van der Waals surface area contributed by atoms with Crippen LogP contribution in [-0.2, 0) is 4.76 Å². The van der Waals surface area contributed by atoms with Gasteiger partial charge in [-0.3, -0.25) is 0 Å². The molecule has 1 aromatic heterocycles. The van der Waals surface area contributed by atoms with Crippen molar-refractivity contribution in [1.29, 1.82) is 0 Å². The van der Waals surface area contributed by atoms with Crippen molar-refractivity contribution in [3.8, 4) is 0 Å². The molecule has 0 radical (unpaired) electrons. The first-order valence-electron chi connectivity index (χ1n) is 7.31. The molecule has 0 bridgehead atoms. The molecule has 4 nitrogen and oxygen atoms in total. The fourth-order valence-electron chi connectivity index (χ4n) is 2.59. The first kappa shape index (κ1) is 15.2. The van der Waals surface area contributed by atoms with E-state index in [1.165, 1.54) is 0 Å². The van der Waals surface area contributed by atoms with Crippen LogP contribution in [0.5, 0.6) is 0 Å². The van der Waals surface area contributed by atoms with Crippen molar-refractivity contribution < 1.29 is 9.17 Å². The zero-order chi connectivity index (χ0) is 16.5. The predicted octanol–water partition coefficient (Wildman–Crippen LogP) is 4.18. The van der Waals surface area contributed by atoms with Crippen LogP contribution in [0, 0.1) is 0 Å². The van der Waals surface area contributed by atoms with Gasteiger partial charge in [-0.1, -0.05) is 47.1 Å². The van der Waals surface area contributed by atoms with Gasteiger partial charge >= 0.3 is 7.05 Å². The Morgan fingerprint density at radius 3 is 2.29 bits per heavy atom. The highest BCUT2D eigenvalue weighted by molar-refractivity contribution is 6.76. The second-order valence-electron chi connectivity index (χ2n) is 5.23. The Balaban J connectivity index is 1.78. The molecule has 0 N–H and O–H groups in total. The molecular weight excluding hydrogens is 346 g/mol. The Morgan fingerprint density at radius 2 is 1.62 bits per heavy atom. The van der Waals surface area contributed by atoms with Gasteiger partial charge in [-0.05, 0) is 53.5 Å². The smallest absolute Gasteiger partial charge is 0.441 e. The van der Waals surface area contributed by atoms with Crippen LogP contribution in [0.3, 0.4) is 0 Å². The van der Waals surface area contributed by atoms with E-state index in [9.17, 15) is 0 Å². The number of hydrogen-bond donors (Lipinski definition) is 0. The highest BCUT2D eigenvalue weighted by Crippen LogP contribution is 2.27. The van der Waals surface area contributed by atoms with Gasteiger partial charge in [0.1, 0.15) is 0 Å². The molecule has 24 heavy (non-hydrogen) atoms. The molecular formula is C17H11BCl2N2O2. The first-order chi connectivity index (χ1) is 11.7. The minimum absolute atomic E-state index is 0.298. The van der Waals surface area contributed by atoms with Crippen molar-refractivity contribution in [2.75, 3.05) is 4.81 Å². The number of amidine groups is 1. The highest BCUT2D eigenvalue weighted by Gasteiger charge is 2.41. The number of furan rings is 1. The standard InChI is InChI=1S/C17H11BCl2N2O2/c19-13-6-8-14(9-7-13)22-17(15-10-11-16(20)23-15)21-24-18(22)12-4-2-1-3-5-12/h1-11H. The molecule has 2 aromatic carbocycles. The van der Waals surface area contributed by atoms with E-state index in [0.717, 1.165) is 11.2 Å². The average Bonchev–Trinajstić information content (AvgIpc) is 3.22. The van der Waals surface area contributed by atoms with Crippen LogP contribution in [0.15, 0.2) is 76.3 Å². The van der Waals surface area contributed by atoms with Gasteiger partial charge in [0, 0.05) is 10.7 Å². The molecule has 0 unspecified atom stereocenters. The lowest BCUT2D eigenvalue weighted by molar-refractivity contribution is 0.366. The largest absolute Gasteiger partial charge is 0.550 e. The molecule has 0 amide bonds. The van der Waals surface area contributed by atoms with Gasteiger partial charge in [-0.25, -0.2) is 0 Å². The zero-order valence-corrected chi connectivity index (χ0v) is 13.9. The molecule has 0 fully saturated rings. The molecule has 0 spiro atoms. The van der Waals surface area contributed by atoms with Crippen LogP contribution in [0.2, 0.25) is 10.2 Å². The van der Waals surface area contributed by atoms with Crippen molar-refractivity contribution in [2.24, 2.45) is 5.16 Å². The molecule has 2 heterocycles. The van der Waals surface area contributed by atoms with E-state index >= 15 is 0 Å². The Kier molecular flexibility index (Phi) is 3.96. The Labute approximate surface area is 149 Å². The lowest BCUT2D eigenvalue weighted by atomic mass is 9.71. The zero-order valence-electron chi connectivity index (χ0n) is 12.4. The van der Waals surface area contributed by atoms with Crippen molar-refractivity contribution >= 4 is 47.2 Å². The van der Waals surface area contributed by atoms with Crippen LogP contribution in [0.1, 0.15) is 5.76 Å². The van der Waals surface area contributed by atoms with Gasteiger partial charge in [0.05, 0.1) is 0 Å². The summed E-state index contributed by atoms with van der Waals surface area (Å²) in [6, 6.07) is 20.8. The highest BCUT2D eigenvalue weighted by atomic mass is 35.5. The lowest BCUT2D eigenvalue weighted by Crippen LogP contribution is -2.48. The Hall–Kier alpha value is -2.37. The van der Waals surface area contributed by atoms with Crippen molar-refractivity contribution in [3.63, 3.8) is 0 Å². The monoisotopic (exact) mass is 356 g/mol. The van der Waals surface area contributed by atoms with E-state index in [1.807, 2.05) is 59.4 Å². The second-order valence-corrected chi connectivity index (χ2v) is 6.04. The van der Waals surface area contributed by atoms with Crippen molar-refractivity contribution in [1.82, 2.24) is 0 Å². The molecule has 118 valence electrons. The summed E-state index contributed by atoms with van der Waals surface area (Å²) in [6.45, 7) is 0. The fraction of sp³-hybridized carbons (Fsp3) is 0. The summed E-state index contributed by atoms with van der Waals surface area (Å²) in [5.74, 6) is 1.09. The molecule has 0 saturated carbocycles. The third kappa shape index (κ3) is 2.77. The number of hydrogen-bond acceptors (Lipinski definition) is 4. The molecule has 0 atom stereocenters. The Bertz CT molecular complexity index is 881. The first-order valence-corrected chi connectivity index (χ1v) is 8.07. The average molecular weight is 357 g/mol. The number of rotatable bonds is 3. The summed E-state index contributed by atoms with van der Waals surface area (Å²) in [6.07, 6.45) is 0. The van der Waals surface area contributed by atoms with Crippen LogP contribution < -0.4 is 10.3 Å². The lowest BCUT2D eigenvalue weighted by Gasteiger charge is -2.22. The molecule has 1 aliphatic heterocycles. The number of oxime groups is 1. The van der Waals surface area contributed by atoms with Crippen molar-refractivity contribution in [3.05, 3.63) is 82.7 Å². The topological polar surface area (TPSA) is 38.0 Å². The maximum Gasteiger partial charge on any atom is 0.550 e. The Morgan fingerprint density at radius 1 is 0.875 bits per heavy atom. The van der Waals surface area contributed by atoms with Gasteiger partial charge in [0.25, 0.3) is 0 Å². The molecule has 0 saturated heterocycles. The predicted molar refractivity (Wildman–Crippen MR) is 97.1 cm³/mol. The number of anilines is 1. The normalized spacial score (nSPS) is 13.8. The van der Waals surface area contributed by atoms with E-state index in [2.05, 4.69) is 5.16 Å². The third-order valence-electron chi connectivity index (χ3n) is 3.68. The minimum atomic E-state index is -0.397. The van der Waals surface area contributed by atoms with Gasteiger partial charge in [0.15, 0.2) is 11.0 Å². The summed E-state index contributed by atoms with van der Waals surface area (Å²) >= 11 is 11.9. The molecule has 0 aliphatic carbocycles. The minimum Gasteiger partial charge on any atom is -0.441 e. The summed E-state index contributed by atoms with van der Waals surface area (Å²) in [7, 11) is -0.397. The van der Waals surface area contributed by atoms with E-state index in [4.69, 9.17) is 32.4 Å². The second kappa shape index (κ2) is 6.26. The maximum atomic E-state index is 6.01. The number of benzene rings is 2. The summed E-state index contributed by atoms with van der Waals surface area (Å²) in [4.78, 5) is 1.95. The third-order valence-corrected chi connectivity index (χ3v) is 4.14. The van der Waals surface area contributed by atoms with E-state index in [0.29, 0.717) is 21.8 Å². The van der Waals surface area contributed by atoms with Crippen LogP contribution in [-0.4, -0.2) is 12.9 Å². The van der Waals surface area contributed by atoms with Crippen LogP contribution >= 0.6 is 23.2 Å². The van der Waals surface area contributed by atoms with E-state index in [1.54, 1.807) is 12.1 Å². The van der Waals surface area contributed by atoms with E-state index < -0.39 is 7.05 Å². The van der Waals surface area contributed by atoms with E-state index in [-0.39, 0.29) is 0 Å². The van der Waals surface area contributed by atoms with Gasteiger partial charge in [-0.15, -0.1) is 0 Å². The summed E-state index contributed by atoms with van der Waals surface area (Å²) in [5.41, 5.74) is 1.86. The van der Waals surface area contributed by atoms with Crippen LogP contribution in [0.4, 0.5) is 5.69 Å². The van der Waals surface area contributed by atoms with Gasteiger partial charge in [0.2, 0.25) is 5.84 Å². The number of halogens is 2. The maximum absolute atomic E-state index is 6.01. The molecule has 3 aromatic rings. The SMILES string of the molecule is Clc1ccc(N2B(c3ccccc3)ON=C2c2ccc(Cl)o2)cc1.